The summed E-state index contributed by atoms with van der Waals surface area (Å²) < 4.78 is 11.2. The molecule has 2 heterocycles. The standard InChI is InChI=1S/C13H12N2O4/c1-7-2-3-8(12-11(7)18-4-5-19-12)9-6-10(13(16)17)15-14-9/h2-3,6H,4-5H2,1H3,(H,14,15)(H,16,17). The minimum Gasteiger partial charge on any atom is -0.486 e. The smallest absolute Gasteiger partial charge is 0.353 e. The number of H-pyrrole nitrogens is 1. The topological polar surface area (TPSA) is 84.4 Å². The zero-order valence-corrected chi connectivity index (χ0v) is 10.3. The van der Waals surface area contributed by atoms with Gasteiger partial charge in [-0.3, -0.25) is 5.10 Å². The maximum Gasteiger partial charge on any atom is 0.353 e. The highest BCUT2D eigenvalue weighted by molar-refractivity contribution is 5.87. The molecule has 3 rings (SSSR count). The zero-order chi connectivity index (χ0) is 13.4. The molecule has 2 N–H and O–H groups in total. The highest BCUT2D eigenvalue weighted by atomic mass is 16.6. The van der Waals surface area contributed by atoms with Crippen molar-refractivity contribution in [1.29, 1.82) is 0 Å². The Hall–Kier alpha value is -2.50. The molecule has 0 bridgehead atoms. The molecule has 0 unspecified atom stereocenters. The summed E-state index contributed by atoms with van der Waals surface area (Å²) >= 11 is 0. The number of aromatic amines is 1. The third-order valence-corrected chi connectivity index (χ3v) is 2.97. The number of hydrogen-bond donors (Lipinski definition) is 2. The van der Waals surface area contributed by atoms with Crippen LogP contribution in [0.3, 0.4) is 0 Å². The fourth-order valence-electron chi connectivity index (χ4n) is 2.04. The van der Waals surface area contributed by atoms with Crippen LogP contribution in [0.5, 0.6) is 11.5 Å². The lowest BCUT2D eigenvalue weighted by Crippen LogP contribution is -2.16. The van der Waals surface area contributed by atoms with Gasteiger partial charge >= 0.3 is 5.97 Å². The van der Waals surface area contributed by atoms with Gasteiger partial charge in [-0.25, -0.2) is 4.79 Å². The average Bonchev–Trinajstić information content (AvgIpc) is 2.89. The number of hydrogen-bond acceptors (Lipinski definition) is 4. The van der Waals surface area contributed by atoms with Crippen LogP contribution in [-0.4, -0.2) is 34.5 Å². The highest BCUT2D eigenvalue weighted by Gasteiger charge is 2.21. The van der Waals surface area contributed by atoms with Crippen molar-refractivity contribution in [3.05, 3.63) is 29.5 Å². The quantitative estimate of drug-likeness (QED) is 0.860. The fourth-order valence-corrected chi connectivity index (χ4v) is 2.04. The first-order chi connectivity index (χ1) is 9.16. The van der Waals surface area contributed by atoms with Gasteiger partial charge in [0.15, 0.2) is 11.5 Å². The van der Waals surface area contributed by atoms with Gasteiger partial charge in [0.2, 0.25) is 0 Å². The predicted octanol–water partition coefficient (Wildman–Crippen LogP) is 1.85. The van der Waals surface area contributed by atoms with Crippen LogP contribution in [0, 0.1) is 6.92 Å². The van der Waals surface area contributed by atoms with Crippen molar-refractivity contribution in [1.82, 2.24) is 10.2 Å². The molecule has 1 aliphatic rings. The maximum atomic E-state index is 10.9. The third-order valence-electron chi connectivity index (χ3n) is 2.97. The van der Waals surface area contributed by atoms with Gasteiger partial charge in [0.05, 0.1) is 5.69 Å². The van der Waals surface area contributed by atoms with Gasteiger partial charge in [-0.15, -0.1) is 0 Å². The van der Waals surface area contributed by atoms with Crippen molar-refractivity contribution in [2.24, 2.45) is 0 Å². The molecular weight excluding hydrogens is 248 g/mol. The number of nitrogens with one attached hydrogen (secondary N) is 1. The Bertz CT molecular complexity index is 648. The van der Waals surface area contributed by atoms with Gasteiger partial charge in [0, 0.05) is 5.56 Å². The first kappa shape index (κ1) is 11.6. The Balaban J connectivity index is 2.11. The second-order valence-corrected chi connectivity index (χ2v) is 4.26. The Labute approximate surface area is 109 Å². The van der Waals surface area contributed by atoms with Crippen LogP contribution < -0.4 is 9.47 Å². The molecular formula is C13H12N2O4. The summed E-state index contributed by atoms with van der Waals surface area (Å²) in [7, 11) is 0. The molecule has 6 nitrogen and oxygen atoms in total. The van der Waals surface area contributed by atoms with Crippen LogP contribution in [0.25, 0.3) is 11.3 Å². The van der Waals surface area contributed by atoms with Crippen molar-refractivity contribution < 1.29 is 19.4 Å². The van der Waals surface area contributed by atoms with Crippen LogP contribution in [0.15, 0.2) is 18.2 Å². The van der Waals surface area contributed by atoms with Gasteiger partial charge in [-0.05, 0) is 24.6 Å². The van der Waals surface area contributed by atoms with Crippen molar-refractivity contribution in [2.75, 3.05) is 13.2 Å². The van der Waals surface area contributed by atoms with Crippen LogP contribution in [0.1, 0.15) is 16.1 Å². The molecule has 6 heteroatoms. The first-order valence-corrected chi connectivity index (χ1v) is 5.85. The van der Waals surface area contributed by atoms with Gasteiger partial charge in [-0.1, -0.05) is 6.07 Å². The minimum absolute atomic E-state index is 0.0426. The van der Waals surface area contributed by atoms with Crippen LogP contribution >= 0.6 is 0 Å². The number of rotatable bonds is 2. The lowest BCUT2D eigenvalue weighted by molar-refractivity contribution is 0.0690. The number of aromatic carboxylic acids is 1. The van der Waals surface area contributed by atoms with E-state index in [4.69, 9.17) is 14.6 Å². The summed E-state index contributed by atoms with van der Waals surface area (Å²) in [4.78, 5) is 10.9. The van der Waals surface area contributed by atoms with Crippen LogP contribution in [0.2, 0.25) is 0 Å². The van der Waals surface area contributed by atoms with Gasteiger partial charge < -0.3 is 14.6 Å². The molecule has 2 aromatic rings. The number of carboxylic acids is 1. The summed E-state index contributed by atoms with van der Waals surface area (Å²) in [5, 5.41) is 15.4. The van der Waals surface area contributed by atoms with Crippen LogP contribution in [0.4, 0.5) is 0 Å². The van der Waals surface area contributed by atoms with E-state index in [2.05, 4.69) is 10.2 Å². The first-order valence-electron chi connectivity index (χ1n) is 5.85. The number of fused-ring (bicyclic) bond motifs is 1. The van der Waals surface area contributed by atoms with Gasteiger partial charge in [0.1, 0.15) is 18.9 Å². The van der Waals surface area contributed by atoms with E-state index in [0.717, 1.165) is 11.1 Å². The average molecular weight is 260 g/mol. The summed E-state index contributed by atoms with van der Waals surface area (Å²) in [5.74, 6) is 0.273. The third kappa shape index (κ3) is 1.91. The highest BCUT2D eigenvalue weighted by Crippen LogP contribution is 2.41. The second kappa shape index (κ2) is 4.31. The zero-order valence-electron chi connectivity index (χ0n) is 10.3. The molecule has 0 radical (unpaired) electrons. The molecule has 0 saturated carbocycles. The molecule has 0 spiro atoms. The lowest BCUT2D eigenvalue weighted by Gasteiger charge is -2.22. The predicted molar refractivity (Wildman–Crippen MR) is 66.7 cm³/mol. The van der Waals surface area contributed by atoms with Crippen molar-refractivity contribution >= 4 is 5.97 Å². The number of aromatic nitrogens is 2. The monoisotopic (exact) mass is 260 g/mol. The fraction of sp³-hybridized carbons (Fsp3) is 0.231. The normalized spacial score (nSPS) is 13.3. The van der Waals surface area contributed by atoms with E-state index in [1.54, 1.807) is 0 Å². The minimum atomic E-state index is -1.04. The Kier molecular flexibility index (Phi) is 2.63. The number of carboxylic acid groups (broad SMARTS) is 1. The number of ether oxygens (including phenoxy) is 2. The molecule has 0 saturated heterocycles. The Morgan fingerprint density at radius 1 is 1.32 bits per heavy atom. The van der Waals surface area contributed by atoms with Gasteiger partial charge in [0.25, 0.3) is 0 Å². The van der Waals surface area contributed by atoms with E-state index in [1.165, 1.54) is 6.07 Å². The largest absolute Gasteiger partial charge is 0.486 e. The second-order valence-electron chi connectivity index (χ2n) is 4.26. The van der Waals surface area contributed by atoms with E-state index < -0.39 is 5.97 Å². The molecule has 1 aromatic carbocycles. The van der Waals surface area contributed by atoms with E-state index in [0.29, 0.717) is 30.4 Å². The van der Waals surface area contributed by atoms with Crippen molar-refractivity contribution in [3.63, 3.8) is 0 Å². The van der Waals surface area contributed by atoms with Crippen molar-refractivity contribution in [3.8, 4) is 22.8 Å². The number of nitrogens with zero attached hydrogens (tertiary/aromatic N) is 1. The molecule has 1 aromatic heterocycles. The van der Waals surface area contributed by atoms with E-state index in [1.807, 2.05) is 19.1 Å². The Morgan fingerprint density at radius 2 is 2.05 bits per heavy atom. The summed E-state index contributed by atoms with van der Waals surface area (Å²) in [6.45, 7) is 2.92. The van der Waals surface area contributed by atoms with Gasteiger partial charge in [-0.2, -0.15) is 5.10 Å². The van der Waals surface area contributed by atoms with E-state index in [-0.39, 0.29) is 5.69 Å². The van der Waals surface area contributed by atoms with Crippen LogP contribution in [-0.2, 0) is 0 Å². The Morgan fingerprint density at radius 3 is 2.74 bits per heavy atom. The number of benzene rings is 1. The molecule has 98 valence electrons. The number of carbonyl (C=O) groups is 1. The molecule has 1 aliphatic heterocycles. The number of aryl methyl sites for hydroxylation is 1. The van der Waals surface area contributed by atoms with E-state index >= 15 is 0 Å². The SMILES string of the molecule is Cc1ccc(-c2cc(C(=O)O)[nH]n2)c2c1OCCO2. The van der Waals surface area contributed by atoms with E-state index in [9.17, 15) is 4.79 Å². The molecule has 0 amide bonds. The summed E-state index contributed by atoms with van der Waals surface area (Å²) in [6, 6.07) is 5.23. The maximum absolute atomic E-state index is 10.9. The van der Waals surface area contributed by atoms with Crippen molar-refractivity contribution in [2.45, 2.75) is 6.92 Å². The molecule has 0 aliphatic carbocycles. The molecule has 0 atom stereocenters. The summed E-state index contributed by atoms with van der Waals surface area (Å²) in [6.07, 6.45) is 0. The summed E-state index contributed by atoms with van der Waals surface area (Å²) in [5.41, 5.74) is 2.27. The lowest BCUT2D eigenvalue weighted by atomic mass is 10.1. The molecule has 19 heavy (non-hydrogen) atoms. The molecule has 0 fully saturated rings.